The minimum atomic E-state index is 0.733. The Morgan fingerprint density at radius 1 is 1.00 bits per heavy atom. The molecule has 0 bridgehead atoms. The van der Waals surface area contributed by atoms with Crippen molar-refractivity contribution >= 4 is 29.2 Å². The summed E-state index contributed by atoms with van der Waals surface area (Å²) in [5.74, 6) is 2.46. The molecule has 0 spiro atoms. The van der Waals surface area contributed by atoms with E-state index >= 15 is 0 Å². The van der Waals surface area contributed by atoms with Crippen molar-refractivity contribution in [3.05, 3.63) is 47.7 Å². The Hall–Kier alpha value is -2.58. The van der Waals surface area contributed by atoms with Crippen LogP contribution in [0.15, 0.2) is 46.5 Å². The number of piperazine rings is 1. The van der Waals surface area contributed by atoms with Crippen molar-refractivity contribution in [2.24, 2.45) is 0 Å². The standard InChI is InChI=1S/C20H25N7S/c1-14-5-4-6-16(11-14)28-20-22-17(21-18-12-15(2)24-25-18)13-19(23-20)27-9-7-26(3)8-10-27/h4-6,11-13H,7-10H2,1-3H3,(H2,21,22,23,24,25). The van der Waals surface area contributed by atoms with Gasteiger partial charge in [0.2, 0.25) is 0 Å². The average molecular weight is 396 g/mol. The molecule has 0 amide bonds. The molecular weight excluding hydrogens is 370 g/mol. The molecular formula is C20H25N7S. The zero-order chi connectivity index (χ0) is 19.5. The van der Waals surface area contributed by atoms with Gasteiger partial charge < -0.3 is 15.1 Å². The van der Waals surface area contributed by atoms with Gasteiger partial charge in [-0.05, 0) is 44.8 Å². The quantitative estimate of drug-likeness (QED) is 0.641. The molecule has 0 radical (unpaired) electrons. The molecule has 1 aromatic carbocycles. The van der Waals surface area contributed by atoms with E-state index in [1.807, 2.05) is 19.1 Å². The van der Waals surface area contributed by atoms with Gasteiger partial charge in [-0.15, -0.1) is 0 Å². The highest BCUT2D eigenvalue weighted by Crippen LogP contribution is 2.29. The first-order valence-corrected chi connectivity index (χ1v) is 10.2. The second kappa shape index (κ2) is 8.20. The molecule has 28 heavy (non-hydrogen) atoms. The molecule has 3 aromatic rings. The topological polar surface area (TPSA) is 73.0 Å². The zero-order valence-corrected chi connectivity index (χ0v) is 17.3. The number of anilines is 3. The predicted octanol–water partition coefficient (Wildman–Crippen LogP) is 3.46. The molecule has 1 saturated heterocycles. The monoisotopic (exact) mass is 395 g/mol. The van der Waals surface area contributed by atoms with Crippen LogP contribution in [0.5, 0.6) is 0 Å². The summed E-state index contributed by atoms with van der Waals surface area (Å²) in [4.78, 5) is 15.4. The lowest BCUT2D eigenvalue weighted by Crippen LogP contribution is -2.44. The molecule has 0 saturated carbocycles. The van der Waals surface area contributed by atoms with Crippen LogP contribution in [0, 0.1) is 13.8 Å². The molecule has 0 atom stereocenters. The van der Waals surface area contributed by atoms with Gasteiger partial charge in [0.05, 0.1) is 0 Å². The Bertz CT molecular complexity index is 947. The number of likely N-dealkylation sites (N-methyl/N-ethyl adjacent to an activating group) is 1. The van der Waals surface area contributed by atoms with Gasteiger partial charge in [0.15, 0.2) is 11.0 Å². The third kappa shape index (κ3) is 4.63. The molecule has 1 aliphatic rings. The van der Waals surface area contributed by atoms with Crippen LogP contribution in [0.3, 0.4) is 0 Å². The molecule has 7 nitrogen and oxygen atoms in total. The van der Waals surface area contributed by atoms with E-state index in [1.165, 1.54) is 5.56 Å². The van der Waals surface area contributed by atoms with Crippen molar-refractivity contribution in [2.45, 2.75) is 23.9 Å². The maximum Gasteiger partial charge on any atom is 0.196 e. The normalized spacial score (nSPS) is 15.0. The van der Waals surface area contributed by atoms with E-state index in [1.54, 1.807) is 11.8 Å². The summed E-state index contributed by atoms with van der Waals surface area (Å²) < 4.78 is 0. The zero-order valence-electron chi connectivity index (χ0n) is 16.4. The van der Waals surface area contributed by atoms with Gasteiger partial charge in [0, 0.05) is 48.9 Å². The molecule has 8 heteroatoms. The fraction of sp³-hybridized carbons (Fsp3) is 0.350. The number of nitrogens with one attached hydrogen (secondary N) is 2. The Morgan fingerprint density at radius 2 is 1.82 bits per heavy atom. The fourth-order valence-electron chi connectivity index (χ4n) is 3.12. The van der Waals surface area contributed by atoms with E-state index < -0.39 is 0 Å². The highest BCUT2D eigenvalue weighted by atomic mass is 32.2. The van der Waals surface area contributed by atoms with E-state index in [0.29, 0.717) is 0 Å². The first kappa shape index (κ1) is 18.8. The first-order chi connectivity index (χ1) is 13.5. The molecule has 0 aliphatic carbocycles. The van der Waals surface area contributed by atoms with Crippen LogP contribution in [0.1, 0.15) is 11.3 Å². The van der Waals surface area contributed by atoms with E-state index in [-0.39, 0.29) is 0 Å². The second-order valence-electron chi connectivity index (χ2n) is 7.16. The average Bonchev–Trinajstić information content (AvgIpc) is 3.07. The molecule has 1 aliphatic heterocycles. The van der Waals surface area contributed by atoms with Crippen LogP contribution in [-0.2, 0) is 0 Å². The van der Waals surface area contributed by atoms with Gasteiger partial charge in [-0.2, -0.15) is 5.10 Å². The summed E-state index contributed by atoms with van der Waals surface area (Å²) in [6.45, 7) is 8.06. The minimum absolute atomic E-state index is 0.733. The van der Waals surface area contributed by atoms with Gasteiger partial charge in [-0.3, -0.25) is 5.10 Å². The second-order valence-corrected chi connectivity index (χ2v) is 8.20. The largest absolute Gasteiger partial charge is 0.354 e. The number of rotatable bonds is 5. The van der Waals surface area contributed by atoms with Gasteiger partial charge >= 0.3 is 0 Å². The van der Waals surface area contributed by atoms with Gasteiger partial charge in [-0.25, -0.2) is 9.97 Å². The SMILES string of the molecule is Cc1cccc(Sc2nc(Nc3cc(C)[nH]n3)cc(N3CCN(C)CC3)n2)c1. The van der Waals surface area contributed by atoms with Crippen LogP contribution in [0.2, 0.25) is 0 Å². The summed E-state index contributed by atoms with van der Waals surface area (Å²) in [5.41, 5.74) is 2.23. The van der Waals surface area contributed by atoms with Crippen LogP contribution in [0.4, 0.5) is 17.5 Å². The van der Waals surface area contributed by atoms with E-state index in [4.69, 9.17) is 9.97 Å². The Morgan fingerprint density at radius 3 is 2.54 bits per heavy atom. The maximum absolute atomic E-state index is 4.84. The lowest BCUT2D eigenvalue weighted by atomic mass is 10.2. The number of benzene rings is 1. The molecule has 2 N–H and O–H groups in total. The number of aromatic nitrogens is 4. The van der Waals surface area contributed by atoms with Crippen LogP contribution in [-0.4, -0.2) is 58.3 Å². The number of hydrogen-bond acceptors (Lipinski definition) is 7. The van der Waals surface area contributed by atoms with E-state index in [0.717, 1.165) is 59.4 Å². The third-order valence-electron chi connectivity index (χ3n) is 4.68. The molecule has 3 heterocycles. The number of hydrogen-bond donors (Lipinski definition) is 2. The lowest BCUT2D eigenvalue weighted by molar-refractivity contribution is 0.312. The first-order valence-electron chi connectivity index (χ1n) is 9.41. The highest BCUT2D eigenvalue weighted by Gasteiger charge is 2.18. The van der Waals surface area contributed by atoms with Crippen molar-refractivity contribution in [3.8, 4) is 0 Å². The van der Waals surface area contributed by atoms with Gasteiger partial charge in [0.25, 0.3) is 0 Å². The van der Waals surface area contributed by atoms with Crippen LogP contribution in [0.25, 0.3) is 0 Å². The molecule has 4 rings (SSSR count). The van der Waals surface area contributed by atoms with E-state index in [9.17, 15) is 0 Å². The van der Waals surface area contributed by atoms with Crippen LogP contribution >= 0.6 is 11.8 Å². The summed E-state index contributed by atoms with van der Waals surface area (Å²) in [6, 6.07) is 12.4. The summed E-state index contributed by atoms with van der Waals surface area (Å²) in [7, 11) is 2.16. The van der Waals surface area contributed by atoms with Crippen molar-refractivity contribution in [1.82, 2.24) is 25.1 Å². The number of H-pyrrole nitrogens is 1. The Kier molecular flexibility index (Phi) is 5.50. The van der Waals surface area contributed by atoms with Gasteiger partial charge in [0.1, 0.15) is 11.6 Å². The predicted molar refractivity (Wildman–Crippen MR) is 114 cm³/mol. The Balaban J connectivity index is 1.63. The summed E-state index contributed by atoms with van der Waals surface area (Å²) in [6.07, 6.45) is 0. The van der Waals surface area contributed by atoms with Gasteiger partial charge in [-0.1, -0.05) is 17.7 Å². The number of aryl methyl sites for hydroxylation is 2. The molecule has 2 aromatic heterocycles. The van der Waals surface area contributed by atoms with Crippen molar-refractivity contribution < 1.29 is 0 Å². The summed E-state index contributed by atoms with van der Waals surface area (Å²) in [5, 5.41) is 11.3. The van der Waals surface area contributed by atoms with Crippen LogP contribution < -0.4 is 10.2 Å². The molecule has 1 fully saturated rings. The van der Waals surface area contributed by atoms with E-state index in [2.05, 4.69) is 63.6 Å². The lowest BCUT2D eigenvalue weighted by Gasteiger charge is -2.33. The highest BCUT2D eigenvalue weighted by molar-refractivity contribution is 7.99. The number of nitrogens with zero attached hydrogens (tertiary/aromatic N) is 5. The maximum atomic E-state index is 4.84. The fourth-order valence-corrected chi connectivity index (χ4v) is 4.00. The van der Waals surface area contributed by atoms with Crippen molar-refractivity contribution in [1.29, 1.82) is 0 Å². The smallest absolute Gasteiger partial charge is 0.196 e. The Labute approximate surface area is 169 Å². The third-order valence-corrected chi connectivity index (χ3v) is 5.53. The minimum Gasteiger partial charge on any atom is -0.354 e. The molecule has 146 valence electrons. The number of aromatic amines is 1. The molecule has 0 unspecified atom stereocenters. The van der Waals surface area contributed by atoms with Crippen molar-refractivity contribution in [2.75, 3.05) is 43.4 Å². The summed E-state index contributed by atoms with van der Waals surface area (Å²) >= 11 is 1.58. The van der Waals surface area contributed by atoms with Crippen molar-refractivity contribution in [3.63, 3.8) is 0 Å².